The van der Waals surface area contributed by atoms with Crippen molar-refractivity contribution >= 4 is 23.4 Å². The summed E-state index contributed by atoms with van der Waals surface area (Å²) in [7, 11) is 1.73. The highest BCUT2D eigenvalue weighted by Crippen LogP contribution is 2.28. The number of carboxylic acid groups (broad SMARTS) is 1. The molecule has 1 heterocycles. The number of aromatic nitrogens is 2. The Morgan fingerprint density at radius 1 is 1.50 bits per heavy atom. The van der Waals surface area contributed by atoms with Crippen molar-refractivity contribution in [2.45, 2.75) is 10.6 Å². The molecular weight excluding hydrogens is 250 g/mol. The molecule has 6 heteroatoms. The third-order valence-electron chi connectivity index (χ3n) is 2.58. The predicted molar refractivity (Wildman–Crippen MR) is 70.6 cm³/mol. The lowest BCUT2D eigenvalue weighted by atomic mass is 10.3. The second kappa shape index (κ2) is 5.14. The lowest BCUT2D eigenvalue weighted by Gasteiger charge is -2.06. The van der Waals surface area contributed by atoms with Gasteiger partial charge < -0.3 is 10.8 Å². The molecule has 0 radical (unpaired) electrons. The fourth-order valence-electron chi connectivity index (χ4n) is 1.57. The molecule has 1 aromatic carbocycles. The van der Waals surface area contributed by atoms with Crippen molar-refractivity contribution in [3.8, 4) is 0 Å². The first kappa shape index (κ1) is 12.5. The van der Waals surface area contributed by atoms with E-state index in [1.165, 1.54) is 18.0 Å². The number of aromatic carboxylic acids is 1. The second-order valence-electron chi connectivity index (χ2n) is 3.76. The van der Waals surface area contributed by atoms with Crippen LogP contribution < -0.4 is 5.73 Å². The van der Waals surface area contributed by atoms with Crippen molar-refractivity contribution < 1.29 is 9.90 Å². The van der Waals surface area contributed by atoms with Crippen LogP contribution in [0.2, 0.25) is 0 Å². The van der Waals surface area contributed by atoms with E-state index in [1.54, 1.807) is 11.7 Å². The molecular formula is C12H13N3O2S. The summed E-state index contributed by atoms with van der Waals surface area (Å²) in [6.45, 7) is 0. The fraction of sp³-hybridized carbons (Fsp3) is 0.167. The van der Waals surface area contributed by atoms with Crippen LogP contribution in [0.4, 0.5) is 5.69 Å². The van der Waals surface area contributed by atoms with Crippen molar-refractivity contribution in [1.82, 2.24) is 9.78 Å². The van der Waals surface area contributed by atoms with Crippen LogP contribution in [0.15, 0.2) is 35.4 Å². The summed E-state index contributed by atoms with van der Waals surface area (Å²) in [5, 5.41) is 13.0. The number of benzene rings is 1. The number of rotatable bonds is 4. The van der Waals surface area contributed by atoms with Gasteiger partial charge >= 0.3 is 5.97 Å². The Kier molecular flexibility index (Phi) is 3.57. The highest BCUT2D eigenvalue weighted by Gasteiger charge is 2.15. The maximum Gasteiger partial charge on any atom is 0.339 e. The number of nitrogens with two attached hydrogens (primary N) is 1. The monoisotopic (exact) mass is 263 g/mol. The van der Waals surface area contributed by atoms with Crippen LogP contribution in [0.1, 0.15) is 16.1 Å². The average Bonchev–Trinajstić information content (AvgIpc) is 2.70. The molecule has 0 spiro atoms. The Morgan fingerprint density at radius 3 is 2.89 bits per heavy atom. The molecule has 3 N–H and O–H groups in total. The van der Waals surface area contributed by atoms with E-state index in [9.17, 15) is 4.79 Å². The molecule has 0 fully saturated rings. The van der Waals surface area contributed by atoms with Gasteiger partial charge in [-0.25, -0.2) is 4.79 Å². The first-order chi connectivity index (χ1) is 8.59. The summed E-state index contributed by atoms with van der Waals surface area (Å²) in [4.78, 5) is 12.0. The first-order valence-electron chi connectivity index (χ1n) is 5.31. The molecule has 0 aliphatic heterocycles. The van der Waals surface area contributed by atoms with E-state index < -0.39 is 5.97 Å². The van der Waals surface area contributed by atoms with E-state index in [1.807, 2.05) is 24.3 Å². The lowest BCUT2D eigenvalue weighted by molar-refractivity contribution is 0.0696. The number of nitrogens with zero attached hydrogens (tertiary/aromatic N) is 2. The van der Waals surface area contributed by atoms with E-state index in [0.717, 1.165) is 4.90 Å². The number of anilines is 1. The quantitative estimate of drug-likeness (QED) is 0.651. The van der Waals surface area contributed by atoms with Crippen LogP contribution in [0.3, 0.4) is 0 Å². The third-order valence-corrected chi connectivity index (χ3v) is 3.68. The molecule has 0 aliphatic carbocycles. The molecule has 1 aromatic heterocycles. The van der Waals surface area contributed by atoms with E-state index in [2.05, 4.69) is 5.10 Å². The number of nitrogen functional groups attached to an aromatic ring is 1. The zero-order chi connectivity index (χ0) is 13.1. The van der Waals surface area contributed by atoms with Gasteiger partial charge in [0.05, 0.1) is 11.9 Å². The molecule has 94 valence electrons. The molecule has 2 aromatic rings. The summed E-state index contributed by atoms with van der Waals surface area (Å²) in [5.74, 6) is -0.438. The minimum atomic E-state index is -0.959. The molecule has 0 saturated heterocycles. The maximum atomic E-state index is 11.0. The van der Waals surface area contributed by atoms with Crippen LogP contribution in [-0.4, -0.2) is 20.9 Å². The standard InChI is InChI=1S/C12H13N3O2S/c1-15-10(8(6-14-15)12(16)17)7-18-11-5-3-2-4-9(11)13/h2-6H,7,13H2,1H3,(H,16,17). The zero-order valence-electron chi connectivity index (χ0n) is 9.83. The number of hydrogen-bond acceptors (Lipinski definition) is 4. The molecule has 2 rings (SSSR count). The summed E-state index contributed by atoms with van der Waals surface area (Å²) in [5.41, 5.74) is 7.44. The summed E-state index contributed by atoms with van der Waals surface area (Å²) >= 11 is 1.50. The highest BCUT2D eigenvalue weighted by molar-refractivity contribution is 7.98. The van der Waals surface area contributed by atoms with Crippen molar-refractivity contribution in [3.63, 3.8) is 0 Å². The van der Waals surface area contributed by atoms with Crippen LogP contribution >= 0.6 is 11.8 Å². The van der Waals surface area contributed by atoms with Gasteiger partial charge in [0.15, 0.2) is 0 Å². The summed E-state index contributed by atoms with van der Waals surface area (Å²) < 4.78 is 1.58. The van der Waals surface area contributed by atoms with E-state index in [-0.39, 0.29) is 5.56 Å². The molecule has 0 saturated carbocycles. The molecule has 0 amide bonds. The van der Waals surface area contributed by atoms with Crippen LogP contribution in [0.25, 0.3) is 0 Å². The smallest absolute Gasteiger partial charge is 0.339 e. The normalized spacial score (nSPS) is 10.5. The number of thioether (sulfide) groups is 1. The average molecular weight is 263 g/mol. The van der Waals surface area contributed by atoms with Gasteiger partial charge in [0.2, 0.25) is 0 Å². The van der Waals surface area contributed by atoms with Crippen LogP contribution in [0, 0.1) is 0 Å². The zero-order valence-corrected chi connectivity index (χ0v) is 10.6. The van der Waals surface area contributed by atoms with E-state index in [4.69, 9.17) is 10.8 Å². The second-order valence-corrected chi connectivity index (χ2v) is 4.78. The summed E-state index contributed by atoms with van der Waals surface area (Å²) in [6, 6.07) is 7.51. The third kappa shape index (κ3) is 2.48. The first-order valence-corrected chi connectivity index (χ1v) is 6.29. The number of hydrogen-bond donors (Lipinski definition) is 2. The Labute approximate surface area is 109 Å². The van der Waals surface area contributed by atoms with Gasteiger partial charge in [-0.15, -0.1) is 11.8 Å². The molecule has 0 aliphatic rings. The van der Waals surface area contributed by atoms with Crippen molar-refractivity contribution in [2.24, 2.45) is 7.05 Å². The maximum absolute atomic E-state index is 11.0. The SMILES string of the molecule is Cn1ncc(C(=O)O)c1CSc1ccccc1N. The van der Waals surface area contributed by atoms with Crippen LogP contribution in [-0.2, 0) is 12.8 Å². The van der Waals surface area contributed by atoms with Gasteiger partial charge in [-0.1, -0.05) is 12.1 Å². The van der Waals surface area contributed by atoms with E-state index in [0.29, 0.717) is 17.1 Å². The molecule has 5 nitrogen and oxygen atoms in total. The van der Waals surface area contributed by atoms with Crippen molar-refractivity contribution in [3.05, 3.63) is 41.7 Å². The molecule has 0 unspecified atom stereocenters. The summed E-state index contributed by atoms with van der Waals surface area (Å²) in [6.07, 6.45) is 1.37. The number of aryl methyl sites for hydroxylation is 1. The topological polar surface area (TPSA) is 81.1 Å². The van der Waals surface area contributed by atoms with Gasteiger partial charge in [-0.2, -0.15) is 5.10 Å². The Morgan fingerprint density at radius 2 is 2.22 bits per heavy atom. The molecule has 0 bridgehead atoms. The molecule has 18 heavy (non-hydrogen) atoms. The van der Waals surface area contributed by atoms with Gasteiger partial charge in [0.25, 0.3) is 0 Å². The minimum Gasteiger partial charge on any atom is -0.478 e. The Bertz CT molecular complexity index is 580. The van der Waals surface area contributed by atoms with Gasteiger partial charge in [-0.3, -0.25) is 4.68 Å². The van der Waals surface area contributed by atoms with Gasteiger partial charge in [-0.05, 0) is 12.1 Å². The lowest BCUT2D eigenvalue weighted by Crippen LogP contribution is -2.03. The fourth-order valence-corrected chi connectivity index (χ4v) is 2.61. The van der Waals surface area contributed by atoms with Gasteiger partial charge in [0.1, 0.15) is 5.56 Å². The Balaban J connectivity index is 2.18. The Hall–Kier alpha value is -1.95. The van der Waals surface area contributed by atoms with Gasteiger partial charge in [0, 0.05) is 23.4 Å². The van der Waals surface area contributed by atoms with Crippen molar-refractivity contribution in [1.29, 1.82) is 0 Å². The predicted octanol–water partition coefficient (Wildman–Crippen LogP) is 1.99. The van der Waals surface area contributed by atoms with Crippen molar-refractivity contribution in [2.75, 3.05) is 5.73 Å². The number of para-hydroxylation sites is 1. The minimum absolute atomic E-state index is 0.236. The largest absolute Gasteiger partial charge is 0.478 e. The van der Waals surface area contributed by atoms with E-state index >= 15 is 0 Å². The highest BCUT2D eigenvalue weighted by atomic mass is 32.2. The van der Waals surface area contributed by atoms with Crippen LogP contribution in [0.5, 0.6) is 0 Å². The molecule has 0 atom stereocenters. The number of carbonyl (C=O) groups is 1. The number of carboxylic acids is 1.